The summed E-state index contributed by atoms with van der Waals surface area (Å²) in [6.45, 7) is 8.78. The van der Waals surface area contributed by atoms with Crippen LogP contribution >= 0.6 is 0 Å². The fourth-order valence-electron chi connectivity index (χ4n) is 1.94. The van der Waals surface area contributed by atoms with Gasteiger partial charge in [-0.15, -0.1) is 0 Å². The van der Waals surface area contributed by atoms with Crippen molar-refractivity contribution in [3.05, 3.63) is 65.7 Å². The molecule has 0 radical (unpaired) electrons. The molecule has 0 bridgehead atoms. The summed E-state index contributed by atoms with van der Waals surface area (Å²) in [5, 5.41) is 8.99. The molecule has 1 nitrogen and oxygen atoms in total. The molecule has 0 aliphatic carbocycles. The highest BCUT2D eigenvalue weighted by molar-refractivity contribution is 5.26. The van der Waals surface area contributed by atoms with Gasteiger partial charge in [0.2, 0.25) is 0 Å². The van der Waals surface area contributed by atoms with Crippen LogP contribution < -0.4 is 0 Å². The zero-order valence-corrected chi connectivity index (χ0v) is 13.0. The number of phenolic OH excluding ortho intramolecular Hbond substituents is 1. The second kappa shape index (κ2) is 16.1. The molecule has 0 aromatic heterocycles. The number of benzene rings is 2. The minimum Gasteiger partial charge on any atom is -0.508 e. The molecule has 2 rings (SSSR count). The average molecular weight is 335 g/mol. The van der Waals surface area contributed by atoms with E-state index < -0.39 is 0 Å². The summed E-state index contributed by atoms with van der Waals surface area (Å²) in [6, 6.07) is 17.9. The van der Waals surface area contributed by atoms with Crippen LogP contribution in [0.5, 0.6) is 5.75 Å². The van der Waals surface area contributed by atoms with E-state index in [1.54, 1.807) is 12.1 Å². The summed E-state index contributed by atoms with van der Waals surface area (Å²) >= 11 is 0. The smallest absolute Gasteiger partial charge is 0.115 e. The first-order valence-corrected chi connectivity index (χ1v) is 7.32. The molecule has 0 heterocycles. The van der Waals surface area contributed by atoms with Gasteiger partial charge in [-0.25, -0.2) is 0 Å². The van der Waals surface area contributed by atoms with Crippen LogP contribution in [0.15, 0.2) is 54.6 Å². The van der Waals surface area contributed by atoms with Gasteiger partial charge in [0.25, 0.3) is 0 Å². The molecule has 0 aliphatic heterocycles. The number of phenols is 1. The van der Waals surface area contributed by atoms with E-state index in [2.05, 4.69) is 52.0 Å². The molecule has 0 fully saturated rings. The lowest BCUT2D eigenvalue weighted by Crippen LogP contribution is -1.92. The van der Waals surface area contributed by atoms with Gasteiger partial charge in [-0.1, -0.05) is 99.9 Å². The third kappa shape index (κ3) is 12.8. The van der Waals surface area contributed by atoms with E-state index in [0.29, 0.717) is 17.6 Å². The third-order valence-electron chi connectivity index (χ3n) is 3.05. The lowest BCUT2D eigenvalue weighted by molar-refractivity contribution is 0.475. The molecule has 140 valence electrons. The lowest BCUT2D eigenvalue weighted by Gasteiger charge is -2.03. The molecule has 24 heavy (non-hydrogen) atoms. The molecule has 0 spiro atoms. The van der Waals surface area contributed by atoms with Crippen LogP contribution in [0.4, 0.5) is 0 Å². The zero-order chi connectivity index (χ0) is 15.0. The maximum Gasteiger partial charge on any atom is 0.115 e. The van der Waals surface area contributed by atoms with Crippen molar-refractivity contribution < 1.29 is 5.11 Å². The van der Waals surface area contributed by atoms with Crippen molar-refractivity contribution in [1.82, 2.24) is 0 Å². The highest BCUT2D eigenvalue weighted by atomic mass is 16.3. The van der Waals surface area contributed by atoms with Crippen LogP contribution in [0.1, 0.15) is 74.4 Å². The van der Waals surface area contributed by atoms with E-state index in [1.165, 1.54) is 11.1 Å². The summed E-state index contributed by atoms with van der Waals surface area (Å²) in [4.78, 5) is 0. The van der Waals surface area contributed by atoms with Crippen molar-refractivity contribution in [3.63, 3.8) is 0 Å². The molecule has 0 aliphatic rings. The van der Waals surface area contributed by atoms with Crippen molar-refractivity contribution in [2.75, 3.05) is 0 Å². The van der Waals surface area contributed by atoms with Crippen LogP contribution in [0, 0.1) is 5.92 Å². The number of hydrogen-bond acceptors (Lipinski definition) is 1. The summed E-state index contributed by atoms with van der Waals surface area (Å²) in [6.07, 6.45) is 1.08. The van der Waals surface area contributed by atoms with Gasteiger partial charge < -0.3 is 5.11 Å². The van der Waals surface area contributed by atoms with Gasteiger partial charge in [-0.3, -0.25) is 0 Å². The summed E-state index contributed by atoms with van der Waals surface area (Å²) in [5.41, 5.74) is 2.70. The fourth-order valence-corrected chi connectivity index (χ4v) is 1.94. The molecular formula is C23H42O. The Morgan fingerprint density at radius 3 is 1.50 bits per heavy atom. The SMILES string of the molecule is C.C.C.C.CC(C)Cc1ccc(O)cc1.CC(C)c1ccccc1. The predicted molar refractivity (Wildman–Crippen MR) is 114 cm³/mol. The van der Waals surface area contributed by atoms with Crippen LogP contribution in [0.25, 0.3) is 0 Å². The number of hydrogen-bond donors (Lipinski definition) is 1. The molecular weight excluding hydrogens is 292 g/mol. The minimum absolute atomic E-state index is 0. The largest absolute Gasteiger partial charge is 0.508 e. The van der Waals surface area contributed by atoms with E-state index in [0.717, 1.165) is 6.42 Å². The van der Waals surface area contributed by atoms with Crippen molar-refractivity contribution in [1.29, 1.82) is 0 Å². The first-order chi connectivity index (χ1) is 9.49. The second-order valence-electron chi connectivity index (χ2n) is 5.83. The third-order valence-corrected chi connectivity index (χ3v) is 3.05. The van der Waals surface area contributed by atoms with E-state index in [-0.39, 0.29) is 29.7 Å². The van der Waals surface area contributed by atoms with E-state index >= 15 is 0 Å². The summed E-state index contributed by atoms with van der Waals surface area (Å²) < 4.78 is 0. The molecule has 1 N–H and O–H groups in total. The van der Waals surface area contributed by atoms with Crippen LogP contribution in [-0.4, -0.2) is 5.11 Å². The fraction of sp³-hybridized carbons (Fsp3) is 0.478. The zero-order valence-electron chi connectivity index (χ0n) is 13.0. The maximum absolute atomic E-state index is 8.99. The maximum atomic E-state index is 8.99. The lowest BCUT2D eigenvalue weighted by atomic mass is 10.0. The Balaban J connectivity index is -0.000000145. The van der Waals surface area contributed by atoms with Crippen LogP contribution in [0.2, 0.25) is 0 Å². The van der Waals surface area contributed by atoms with Gasteiger partial charge in [0.1, 0.15) is 5.75 Å². The van der Waals surface area contributed by atoms with Crippen molar-refractivity contribution in [3.8, 4) is 5.75 Å². The summed E-state index contributed by atoms with van der Waals surface area (Å²) in [5.74, 6) is 1.68. The van der Waals surface area contributed by atoms with Crippen molar-refractivity contribution >= 4 is 0 Å². The Hall–Kier alpha value is -1.76. The van der Waals surface area contributed by atoms with Gasteiger partial charge in [-0.05, 0) is 41.5 Å². The Morgan fingerprint density at radius 1 is 0.708 bits per heavy atom. The van der Waals surface area contributed by atoms with Crippen LogP contribution in [0.3, 0.4) is 0 Å². The summed E-state index contributed by atoms with van der Waals surface area (Å²) in [7, 11) is 0. The standard InChI is InChI=1S/C10H14O.C9H12.4CH4/c1-8(2)7-9-3-5-10(11)6-4-9;1-8(2)9-6-4-3-5-7-9;;;;/h3-6,8,11H,7H2,1-2H3;3-8H,1-2H3;4*1H4. The van der Waals surface area contributed by atoms with E-state index in [9.17, 15) is 0 Å². The Morgan fingerprint density at radius 2 is 1.17 bits per heavy atom. The highest BCUT2D eigenvalue weighted by Crippen LogP contribution is 2.13. The van der Waals surface area contributed by atoms with Gasteiger partial charge in [-0.2, -0.15) is 0 Å². The Kier molecular flexibility index (Phi) is 20.2. The van der Waals surface area contributed by atoms with Gasteiger partial charge >= 0.3 is 0 Å². The molecule has 0 amide bonds. The van der Waals surface area contributed by atoms with Crippen LogP contribution in [-0.2, 0) is 6.42 Å². The average Bonchev–Trinajstić information content (AvgIpc) is 2.43. The molecule has 0 saturated carbocycles. The molecule has 0 atom stereocenters. The van der Waals surface area contributed by atoms with Crippen molar-refractivity contribution in [2.24, 2.45) is 5.92 Å². The first kappa shape index (κ1) is 30.2. The highest BCUT2D eigenvalue weighted by Gasteiger charge is 1.96. The normalized spacial score (nSPS) is 8.58. The Labute approximate surface area is 152 Å². The molecule has 2 aromatic carbocycles. The second-order valence-corrected chi connectivity index (χ2v) is 5.83. The van der Waals surface area contributed by atoms with Gasteiger partial charge in [0, 0.05) is 0 Å². The van der Waals surface area contributed by atoms with Gasteiger partial charge in [0.15, 0.2) is 0 Å². The number of rotatable bonds is 3. The molecule has 2 aromatic rings. The molecule has 1 heteroatoms. The topological polar surface area (TPSA) is 20.2 Å². The number of aromatic hydroxyl groups is 1. The molecule has 0 unspecified atom stereocenters. The predicted octanol–water partition coefficient (Wildman–Crippen LogP) is 7.95. The van der Waals surface area contributed by atoms with Crippen molar-refractivity contribution in [2.45, 2.75) is 69.7 Å². The molecule has 0 saturated heterocycles. The first-order valence-electron chi connectivity index (χ1n) is 7.32. The minimum atomic E-state index is 0. The quantitative estimate of drug-likeness (QED) is 0.604. The van der Waals surface area contributed by atoms with Gasteiger partial charge in [0.05, 0.1) is 0 Å². The van der Waals surface area contributed by atoms with E-state index in [4.69, 9.17) is 5.11 Å². The monoisotopic (exact) mass is 334 g/mol. The van der Waals surface area contributed by atoms with E-state index in [1.807, 2.05) is 18.2 Å². The Bertz CT molecular complexity index is 469.